The van der Waals surface area contributed by atoms with Gasteiger partial charge in [-0.15, -0.1) is 11.3 Å². The van der Waals surface area contributed by atoms with Crippen LogP contribution in [0.3, 0.4) is 0 Å². The van der Waals surface area contributed by atoms with Crippen molar-refractivity contribution in [3.8, 4) is 0 Å². The van der Waals surface area contributed by atoms with Crippen molar-refractivity contribution in [2.75, 3.05) is 5.32 Å². The lowest BCUT2D eigenvalue weighted by Crippen LogP contribution is -2.19. The monoisotopic (exact) mass is 235 g/mol. The van der Waals surface area contributed by atoms with Crippen molar-refractivity contribution in [1.82, 2.24) is 10.2 Å². The molecular formula is C11H13N3OS. The van der Waals surface area contributed by atoms with Crippen LogP contribution in [-0.4, -0.2) is 16.2 Å². The third-order valence-electron chi connectivity index (χ3n) is 2.17. The Kier molecular flexibility index (Phi) is 3.36. The molecule has 0 aliphatic rings. The van der Waals surface area contributed by atoms with Crippen LogP contribution in [0.15, 0.2) is 34.6 Å². The zero-order chi connectivity index (χ0) is 11.4. The first-order valence-electron chi connectivity index (χ1n) is 5.07. The smallest absolute Gasteiger partial charge is 0.266 e. The van der Waals surface area contributed by atoms with E-state index in [0.29, 0.717) is 0 Å². The molecule has 84 valence electrons. The second kappa shape index (κ2) is 4.94. The van der Waals surface area contributed by atoms with Crippen LogP contribution in [0.4, 0.5) is 5.69 Å². The normalized spacial score (nSPS) is 12.3. The van der Waals surface area contributed by atoms with Crippen LogP contribution in [0, 0.1) is 0 Å². The summed E-state index contributed by atoms with van der Waals surface area (Å²) < 4.78 is 0. The Balaban J connectivity index is 1.97. The van der Waals surface area contributed by atoms with E-state index in [1.54, 1.807) is 17.5 Å². The van der Waals surface area contributed by atoms with E-state index in [0.717, 1.165) is 12.1 Å². The molecule has 0 saturated carbocycles. The lowest BCUT2D eigenvalue weighted by Gasteiger charge is -2.13. The molecule has 2 aromatic heterocycles. The highest BCUT2D eigenvalue weighted by Crippen LogP contribution is 2.13. The quantitative estimate of drug-likeness (QED) is 0.850. The summed E-state index contributed by atoms with van der Waals surface area (Å²) in [6, 6.07) is 5.94. The number of aromatic amines is 1. The highest BCUT2D eigenvalue weighted by Gasteiger charge is 2.04. The summed E-state index contributed by atoms with van der Waals surface area (Å²) in [5.74, 6) is 0. The fourth-order valence-corrected chi connectivity index (χ4v) is 2.36. The summed E-state index contributed by atoms with van der Waals surface area (Å²) in [4.78, 5) is 12.4. The average Bonchev–Trinajstić information content (AvgIpc) is 2.70. The van der Waals surface area contributed by atoms with E-state index < -0.39 is 0 Å². The fraction of sp³-hybridized carbons (Fsp3) is 0.273. The lowest BCUT2D eigenvalue weighted by atomic mass is 10.2. The molecule has 16 heavy (non-hydrogen) atoms. The molecule has 1 unspecified atom stereocenters. The molecule has 2 heterocycles. The van der Waals surface area contributed by atoms with Gasteiger partial charge in [0.25, 0.3) is 5.56 Å². The van der Waals surface area contributed by atoms with Crippen LogP contribution in [0.1, 0.15) is 11.8 Å². The van der Waals surface area contributed by atoms with Crippen molar-refractivity contribution in [2.24, 2.45) is 0 Å². The molecule has 5 heteroatoms. The molecular weight excluding hydrogens is 222 g/mol. The zero-order valence-electron chi connectivity index (χ0n) is 8.93. The predicted molar refractivity (Wildman–Crippen MR) is 66.0 cm³/mol. The Hall–Kier alpha value is -1.62. The van der Waals surface area contributed by atoms with E-state index in [-0.39, 0.29) is 11.6 Å². The van der Waals surface area contributed by atoms with Crippen molar-refractivity contribution in [2.45, 2.75) is 19.4 Å². The SMILES string of the molecule is CC(Cc1cccs1)Nc1cn[nH]c(=O)c1. The fourth-order valence-electron chi connectivity index (χ4n) is 1.52. The van der Waals surface area contributed by atoms with Crippen molar-refractivity contribution < 1.29 is 0 Å². The van der Waals surface area contributed by atoms with Crippen molar-refractivity contribution in [1.29, 1.82) is 0 Å². The van der Waals surface area contributed by atoms with E-state index in [9.17, 15) is 4.79 Å². The average molecular weight is 235 g/mol. The van der Waals surface area contributed by atoms with E-state index in [4.69, 9.17) is 0 Å². The molecule has 0 aliphatic carbocycles. The first-order chi connectivity index (χ1) is 7.74. The molecule has 1 atom stereocenters. The molecule has 0 fully saturated rings. The third-order valence-corrected chi connectivity index (χ3v) is 3.06. The van der Waals surface area contributed by atoms with Crippen LogP contribution < -0.4 is 10.9 Å². The van der Waals surface area contributed by atoms with Crippen LogP contribution >= 0.6 is 11.3 Å². The van der Waals surface area contributed by atoms with E-state index in [2.05, 4.69) is 33.9 Å². The first kappa shape index (κ1) is 10.9. The van der Waals surface area contributed by atoms with Gasteiger partial charge in [0.1, 0.15) is 0 Å². The number of thiophene rings is 1. The van der Waals surface area contributed by atoms with Gasteiger partial charge in [-0.25, -0.2) is 5.10 Å². The second-order valence-electron chi connectivity index (χ2n) is 3.66. The number of nitrogens with zero attached hydrogens (tertiary/aromatic N) is 1. The van der Waals surface area contributed by atoms with Crippen LogP contribution in [-0.2, 0) is 6.42 Å². The van der Waals surface area contributed by atoms with E-state index in [1.165, 1.54) is 10.9 Å². The third kappa shape index (κ3) is 2.93. The predicted octanol–water partition coefficient (Wildman–Crippen LogP) is 1.87. The van der Waals surface area contributed by atoms with Gasteiger partial charge in [-0.2, -0.15) is 5.10 Å². The minimum absolute atomic E-state index is 0.187. The topological polar surface area (TPSA) is 57.8 Å². The Morgan fingerprint density at radius 3 is 3.19 bits per heavy atom. The molecule has 2 N–H and O–H groups in total. The molecule has 0 bridgehead atoms. The largest absolute Gasteiger partial charge is 0.381 e. The Morgan fingerprint density at radius 2 is 2.50 bits per heavy atom. The molecule has 2 rings (SSSR count). The Bertz CT molecular complexity index is 492. The van der Waals surface area contributed by atoms with Gasteiger partial charge in [0, 0.05) is 23.4 Å². The summed E-state index contributed by atoms with van der Waals surface area (Å²) in [6.45, 7) is 2.08. The minimum atomic E-state index is -0.187. The second-order valence-corrected chi connectivity index (χ2v) is 4.70. The van der Waals surface area contributed by atoms with Crippen molar-refractivity contribution >= 4 is 17.0 Å². The van der Waals surface area contributed by atoms with Gasteiger partial charge >= 0.3 is 0 Å². The van der Waals surface area contributed by atoms with E-state index >= 15 is 0 Å². The number of aromatic nitrogens is 2. The maximum absolute atomic E-state index is 11.0. The summed E-state index contributed by atoms with van der Waals surface area (Å²) in [5, 5.41) is 11.4. The van der Waals surface area contributed by atoms with Gasteiger partial charge < -0.3 is 5.32 Å². The maximum Gasteiger partial charge on any atom is 0.266 e. The number of H-pyrrole nitrogens is 1. The highest BCUT2D eigenvalue weighted by molar-refractivity contribution is 7.09. The standard InChI is InChI=1S/C11H13N3OS/c1-8(5-10-3-2-4-16-10)13-9-6-11(15)14-12-7-9/h2-4,6-8H,5H2,1H3,(H2,13,14,15). The lowest BCUT2D eigenvalue weighted by molar-refractivity contribution is 0.797. The number of rotatable bonds is 4. The molecule has 2 aromatic rings. The Labute approximate surface area is 97.3 Å². The van der Waals surface area contributed by atoms with Gasteiger partial charge in [-0.1, -0.05) is 6.07 Å². The van der Waals surface area contributed by atoms with Gasteiger partial charge in [0.15, 0.2) is 0 Å². The zero-order valence-corrected chi connectivity index (χ0v) is 9.75. The minimum Gasteiger partial charge on any atom is -0.381 e. The molecule has 0 saturated heterocycles. The van der Waals surface area contributed by atoms with Crippen molar-refractivity contribution in [3.05, 3.63) is 45.0 Å². The number of anilines is 1. The Morgan fingerprint density at radius 1 is 1.62 bits per heavy atom. The molecule has 4 nitrogen and oxygen atoms in total. The van der Waals surface area contributed by atoms with Gasteiger partial charge in [0.05, 0.1) is 11.9 Å². The maximum atomic E-state index is 11.0. The van der Waals surface area contributed by atoms with Crippen LogP contribution in [0.25, 0.3) is 0 Å². The molecule has 0 aromatic carbocycles. The number of hydrogen-bond acceptors (Lipinski definition) is 4. The molecule has 0 aliphatic heterocycles. The summed E-state index contributed by atoms with van der Waals surface area (Å²) in [6.07, 6.45) is 2.57. The van der Waals surface area contributed by atoms with Crippen LogP contribution in [0.2, 0.25) is 0 Å². The van der Waals surface area contributed by atoms with Gasteiger partial charge in [0.2, 0.25) is 0 Å². The summed E-state index contributed by atoms with van der Waals surface area (Å²) in [5.41, 5.74) is 0.570. The van der Waals surface area contributed by atoms with E-state index in [1.807, 2.05) is 6.07 Å². The number of hydrogen-bond donors (Lipinski definition) is 2. The van der Waals surface area contributed by atoms with Gasteiger partial charge in [-0.05, 0) is 18.4 Å². The van der Waals surface area contributed by atoms with Crippen molar-refractivity contribution in [3.63, 3.8) is 0 Å². The first-order valence-corrected chi connectivity index (χ1v) is 5.95. The van der Waals surface area contributed by atoms with Crippen LogP contribution in [0.5, 0.6) is 0 Å². The summed E-state index contributed by atoms with van der Waals surface area (Å²) in [7, 11) is 0. The molecule has 0 radical (unpaired) electrons. The highest BCUT2D eigenvalue weighted by atomic mass is 32.1. The molecule has 0 amide bonds. The summed E-state index contributed by atoms with van der Waals surface area (Å²) >= 11 is 1.74. The van der Waals surface area contributed by atoms with Gasteiger partial charge in [-0.3, -0.25) is 4.79 Å². The molecule has 0 spiro atoms. The number of nitrogens with one attached hydrogen (secondary N) is 2.